The number of ether oxygens (including phenoxy) is 2. The average molecular weight is 360 g/mol. The molecule has 0 aromatic heterocycles. The fourth-order valence-corrected chi connectivity index (χ4v) is 3.12. The van der Waals surface area contributed by atoms with E-state index in [4.69, 9.17) is 4.74 Å². The summed E-state index contributed by atoms with van der Waals surface area (Å²) in [6.07, 6.45) is 0.455. The van der Waals surface area contributed by atoms with E-state index in [9.17, 15) is 13.2 Å². The van der Waals surface area contributed by atoms with Gasteiger partial charge in [0.2, 0.25) is 0 Å². The zero-order valence-corrected chi connectivity index (χ0v) is 14.6. The summed E-state index contributed by atoms with van der Waals surface area (Å²) in [6.45, 7) is 7.89. The number of hydrogen-bond acceptors (Lipinski definition) is 2. The molecule has 0 fully saturated rings. The van der Waals surface area contributed by atoms with Crippen LogP contribution in [-0.2, 0) is 6.42 Å². The highest BCUT2D eigenvalue weighted by Gasteiger charge is 2.31. The summed E-state index contributed by atoms with van der Waals surface area (Å²) in [5, 5.41) is 0. The lowest BCUT2D eigenvalue weighted by molar-refractivity contribution is -0.274. The summed E-state index contributed by atoms with van der Waals surface area (Å²) < 4.78 is 46.9. The minimum absolute atomic E-state index is 0.236. The molecule has 0 radical (unpaired) electrons. The Balaban J connectivity index is 2.06. The van der Waals surface area contributed by atoms with Crippen molar-refractivity contribution in [3.05, 3.63) is 65.4 Å². The minimum atomic E-state index is -4.70. The van der Waals surface area contributed by atoms with E-state index in [1.807, 2.05) is 13.0 Å². The lowest BCUT2D eigenvalue weighted by atomic mass is 9.88. The number of allylic oxidation sites excluding steroid dienone is 1. The van der Waals surface area contributed by atoms with Gasteiger partial charge in [-0.1, -0.05) is 37.8 Å². The summed E-state index contributed by atoms with van der Waals surface area (Å²) in [5.41, 5.74) is 5.88. The third-order valence-corrected chi connectivity index (χ3v) is 4.43. The number of fused-ring (bicyclic) bond motifs is 1. The summed E-state index contributed by atoms with van der Waals surface area (Å²) in [5.74, 6) is 0.530. The molecule has 3 rings (SSSR count). The molecule has 136 valence electrons. The molecule has 5 heteroatoms. The average Bonchev–Trinajstić information content (AvgIpc) is 2.60. The van der Waals surface area contributed by atoms with E-state index in [1.54, 1.807) is 24.5 Å². The van der Waals surface area contributed by atoms with E-state index in [0.29, 0.717) is 0 Å². The second-order valence-corrected chi connectivity index (χ2v) is 6.16. The van der Waals surface area contributed by atoms with E-state index in [1.165, 1.54) is 12.1 Å². The number of alkyl halides is 3. The van der Waals surface area contributed by atoms with E-state index in [2.05, 4.69) is 18.2 Å². The summed E-state index contributed by atoms with van der Waals surface area (Å²) >= 11 is 0. The lowest BCUT2D eigenvalue weighted by Gasteiger charge is -2.23. The molecule has 0 bridgehead atoms. The third-order valence-electron chi connectivity index (χ3n) is 4.43. The molecule has 0 unspecified atom stereocenters. The Morgan fingerprint density at radius 3 is 2.50 bits per heavy atom. The molecule has 1 aliphatic rings. The van der Waals surface area contributed by atoms with Crippen molar-refractivity contribution in [3.8, 4) is 22.6 Å². The van der Waals surface area contributed by atoms with Crippen LogP contribution in [0.3, 0.4) is 0 Å². The van der Waals surface area contributed by atoms with E-state index in [0.717, 1.165) is 52.0 Å². The summed E-state index contributed by atoms with van der Waals surface area (Å²) in [7, 11) is 0. The predicted molar refractivity (Wildman–Crippen MR) is 96.1 cm³/mol. The van der Waals surface area contributed by atoms with Gasteiger partial charge in [0, 0.05) is 17.5 Å². The van der Waals surface area contributed by atoms with Gasteiger partial charge in [0.05, 0.1) is 6.26 Å². The first-order valence-corrected chi connectivity index (χ1v) is 8.32. The zero-order chi connectivity index (χ0) is 18.9. The third kappa shape index (κ3) is 3.62. The van der Waals surface area contributed by atoms with Crippen molar-refractivity contribution < 1.29 is 22.6 Å². The number of aryl methyl sites for hydroxylation is 1. The fourth-order valence-electron chi connectivity index (χ4n) is 3.12. The molecule has 2 nitrogen and oxygen atoms in total. The first kappa shape index (κ1) is 18.1. The van der Waals surface area contributed by atoms with Gasteiger partial charge < -0.3 is 9.47 Å². The van der Waals surface area contributed by atoms with Crippen molar-refractivity contribution >= 4 is 6.08 Å². The Kier molecular flexibility index (Phi) is 4.81. The quantitative estimate of drug-likeness (QED) is 0.625. The van der Waals surface area contributed by atoms with Crippen LogP contribution < -0.4 is 9.47 Å². The van der Waals surface area contributed by atoms with Crippen LogP contribution in [0.5, 0.6) is 11.5 Å². The predicted octanol–water partition coefficient (Wildman–Crippen LogP) is 6.43. The molecule has 2 aromatic rings. The Bertz CT molecular complexity index is 862. The summed E-state index contributed by atoms with van der Waals surface area (Å²) in [6, 6.07) is 7.94. The number of benzene rings is 2. The van der Waals surface area contributed by atoms with Crippen LogP contribution >= 0.6 is 0 Å². The molecule has 1 aliphatic heterocycles. The van der Waals surface area contributed by atoms with Crippen molar-refractivity contribution in [2.75, 3.05) is 0 Å². The highest BCUT2D eigenvalue weighted by molar-refractivity contribution is 5.77. The van der Waals surface area contributed by atoms with Crippen molar-refractivity contribution in [2.45, 2.75) is 33.1 Å². The van der Waals surface area contributed by atoms with Crippen LogP contribution in [0.25, 0.3) is 17.2 Å². The van der Waals surface area contributed by atoms with Gasteiger partial charge in [-0.15, -0.1) is 13.2 Å². The van der Waals surface area contributed by atoms with Gasteiger partial charge in [-0.25, -0.2) is 0 Å². The molecule has 0 atom stereocenters. The molecule has 26 heavy (non-hydrogen) atoms. The minimum Gasteiger partial charge on any atom is -0.464 e. The largest absolute Gasteiger partial charge is 0.573 e. The Labute approximate surface area is 150 Å². The summed E-state index contributed by atoms with van der Waals surface area (Å²) in [4.78, 5) is 0. The topological polar surface area (TPSA) is 18.5 Å². The molecular formula is C21H19F3O2. The SMILES string of the molecule is C=Cc1c(C)cc(-c2ccc(OC(F)(F)F)cc2)c2c1OC=C(CC)C2. The van der Waals surface area contributed by atoms with Gasteiger partial charge in [-0.05, 0) is 47.7 Å². The first-order chi connectivity index (χ1) is 12.3. The molecule has 0 saturated carbocycles. The normalized spacial score (nSPS) is 13.5. The highest BCUT2D eigenvalue weighted by Crippen LogP contribution is 2.41. The molecule has 0 spiro atoms. The van der Waals surface area contributed by atoms with E-state index < -0.39 is 6.36 Å². The highest BCUT2D eigenvalue weighted by atomic mass is 19.4. The van der Waals surface area contributed by atoms with Crippen LogP contribution in [0.1, 0.15) is 30.0 Å². The molecule has 2 aromatic carbocycles. The van der Waals surface area contributed by atoms with Crippen LogP contribution in [0.15, 0.2) is 48.7 Å². The van der Waals surface area contributed by atoms with Crippen molar-refractivity contribution in [1.29, 1.82) is 0 Å². The molecular weight excluding hydrogens is 341 g/mol. The first-order valence-electron chi connectivity index (χ1n) is 8.32. The van der Waals surface area contributed by atoms with Crippen LogP contribution in [0.2, 0.25) is 0 Å². The maximum Gasteiger partial charge on any atom is 0.573 e. The number of hydrogen-bond donors (Lipinski definition) is 0. The van der Waals surface area contributed by atoms with Crippen LogP contribution in [-0.4, -0.2) is 6.36 Å². The lowest BCUT2D eigenvalue weighted by Crippen LogP contribution is -2.16. The van der Waals surface area contributed by atoms with Gasteiger partial charge in [0.1, 0.15) is 11.5 Å². The molecule has 0 saturated heterocycles. The van der Waals surface area contributed by atoms with Crippen molar-refractivity contribution in [1.82, 2.24) is 0 Å². The van der Waals surface area contributed by atoms with Gasteiger partial charge in [0.25, 0.3) is 0 Å². The zero-order valence-electron chi connectivity index (χ0n) is 14.6. The van der Waals surface area contributed by atoms with Crippen LogP contribution in [0.4, 0.5) is 13.2 Å². The standard InChI is InChI=1S/C21H19F3O2/c1-4-14-11-19-18(10-13(3)17(5-2)20(19)25-12-14)15-6-8-16(9-7-15)26-21(22,23)24/h5-10,12H,2,4,11H2,1,3H3. The number of halogens is 3. The number of rotatable bonds is 4. The van der Waals surface area contributed by atoms with Crippen LogP contribution in [0, 0.1) is 6.92 Å². The monoisotopic (exact) mass is 360 g/mol. The van der Waals surface area contributed by atoms with Gasteiger partial charge in [-0.3, -0.25) is 0 Å². The van der Waals surface area contributed by atoms with Gasteiger partial charge in [0.15, 0.2) is 0 Å². The van der Waals surface area contributed by atoms with Crippen molar-refractivity contribution in [3.63, 3.8) is 0 Å². The van der Waals surface area contributed by atoms with Gasteiger partial charge >= 0.3 is 6.36 Å². The Hall–Kier alpha value is -2.69. The Morgan fingerprint density at radius 1 is 1.23 bits per heavy atom. The molecule has 0 N–H and O–H groups in total. The van der Waals surface area contributed by atoms with E-state index >= 15 is 0 Å². The molecule has 1 heterocycles. The van der Waals surface area contributed by atoms with E-state index in [-0.39, 0.29) is 5.75 Å². The van der Waals surface area contributed by atoms with Gasteiger partial charge in [-0.2, -0.15) is 0 Å². The molecule has 0 amide bonds. The smallest absolute Gasteiger partial charge is 0.464 e. The molecule has 0 aliphatic carbocycles. The second-order valence-electron chi connectivity index (χ2n) is 6.16. The second kappa shape index (κ2) is 6.90. The maximum absolute atomic E-state index is 12.4. The van der Waals surface area contributed by atoms with Crippen molar-refractivity contribution in [2.24, 2.45) is 0 Å². The maximum atomic E-state index is 12.4. The Morgan fingerprint density at radius 2 is 1.92 bits per heavy atom. The fraction of sp³-hybridized carbons (Fsp3) is 0.238.